The van der Waals surface area contributed by atoms with Gasteiger partial charge >= 0.3 is 0 Å². The summed E-state index contributed by atoms with van der Waals surface area (Å²) < 4.78 is 33.6. The molecular formula is C23H23N3O4S. The van der Waals surface area contributed by atoms with Crippen LogP contribution in [0.4, 0.5) is 5.69 Å². The van der Waals surface area contributed by atoms with Gasteiger partial charge in [0.1, 0.15) is 5.75 Å². The van der Waals surface area contributed by atoms with Crippen LogP contribution in [0.5, 0.6) is 11.6 Å². The Hall–Kier alpha value is -3.39. The number of nitrogens with zero attached hydrogens (tertiary/aromatic N) is 1. The number of anilines is 1. The Balaban J connectivity index is 1.40. The number of aromatic nitrogens is 1. The first kappa shape index (κ1) is 20.9. The predicted molar refractivity (Wildman–Crippen MR) is 118 cm³/mol. The Morgan fingerprint density at radius 3 is 2.39 bits per heavy atom. The van der Waals surface area contributed by atoms with Crippen molar-refractivity contribution < 1.29 is 17.9 Å². The second kappa shape index (κ2) is 8.39. The molecule has 1 aromatic heterocycles. The fraction of sp³-hybridized carbons (Fsp3) is 0.217. The maximum Gasteiger partial charge on any atom is 0.262 e. The molecule has 0 spiro atoms. The normalized spacial score (nSPS) is 13.5. The second-order valence-electron chi connectivity index (χ2n) is 7.63. The maximum absolute atomic E-state index is 12.7. The molecule has 7 nitrogen and oxygen atoms in total. The van der Waals surface area contributed by atoms with Crippen LogP contribution in [0.2, 0.25) is 0 Å². The fourth-order valence-corrected chi connectivity index (χ4v) is 4.37. The van der Waals surface area contributed by atoms with Gasteiger partial charge in [0.2, 0.25) is 5.88 Å². The molecule has 4 rings (SSSR count). The van der Waals surface area contributed by atoms with E-state index >= 15 is 0 Å². The van der Waals surface area contributed by atoms with Crippen LogP contribution in [-0.4, -0.2) is 25.4 Å². The summed E-state index contributed by atoms with van der Waals surface area (Å²) in [5.41, 5.74) is 2.58. The van der Waals surface area contributed by atoms with E-state index in [9.17, 15) is 13.2 Å². The molecule has 1 heterocycles. The first-order chi connectivity index (χ1) is 14.8. The van der Waals surface area contributed by atoms with E-state index in [4.69, 9.17) is 4.74 Å². The maximum atomic E-state index is 12.7. The lowest BCUT2D eigenvalue weighted by molar-refractivity contribution is 0.0951. The molecule has 0 saturated heterocycles. The Bertz CT molecular complexity index is 1200. The number of hydrogen-bond acceptors (Lipinski definition) is 5. The molecule has 1 aliphatic rings. The molecule has 1 aliphatic carbocycles. The first-order valence-corrected chi connectivity index (χ1v) is 11.4. The van der Waals surface area contributed by atoms with Gasteiger partial charge in [-0.15, -0.1) is 0 Å². The number of nitrogens with one attached hydrogen (secondary N) is 2. The van der Waals surface area contributed by atoms with Gasteiger partial charge in [0.05, 0.1) is 16.8 Å². The van der Waals surface area contributed by atoms with E-state index < -0.39 is 10.0 Å². The smallest absolute Gasteiger partial charge is 0.262 e. The lowest BCUT2D eigenvalue weighted by Gasteiger charge is -2.11. The average molecular weight is 438 g/mol. The standard InChI is InChI=1S/C23H23N3O4S/c1-15-3-11-21(16(2)13-15)31(28,29)26-19-8-12-22(24-14-19)30-20-9-4-17(5-10-20)23(27)25-18-6-7-18/h3-5,8-14,18,26H,6-7H2,1-2H3,(H,25,27). The summed E-state index contributed by atoms with van der Waals surface area (Å²) in [6, 6.07) is 15.4. The average Bonchev–Trinajstić information content (AvgIpc) is 3.53. The summed E-state index contributed by atoms with van der Waals surface area (Å²) in [5.74, 6) is 0.747. The number of benzene rings is 2. The van der Waals surface area contributed by atoms with E-state index in [1.54, 1.807) is 55.5 Å². The molecule has 3 aromatic rings. The molecule has 1 amide bonds. The lowest BCUT2D eigenvalue weighted by atomic mass is 10.2. The SMILES string of the molecule is Cc1ccc(S(=O)(=O)Nc2ccc(Oc3ccc(C(=O)NC4CC4)cc3)nc2)c(C)c1. The van der Waals surface area contributed by atoms with Crippen LogP contribution in [0, 0.1) is 13.8 Å². The summed E-state index contributed by atoms with van der Waals surface area (Å²) >= 11 is 0. The van der Waals surface area contributed by atoms with E-state index in [-0.39, 0.29) is 10.8 Å². The Labute approximate surface area is 181 Å². The van der Waals surface area contributed by atoms with Crippen LogP contribution in [0.1, 0.15) is 34.3 Å². The van der Waals surface area contributed by atoms with Gasteiger partial charge < -0.3 is 10.1 Å². The number of hydrogen-bond donors (Lipinski definition) is 2. The van der Waals surface area contributed by atoms with E-state index in [2.05, 4.69) is 15.0 Å². The van der Waals surface area contributed by atoms with Crippen LogP contribution in [0.3, 0.4) is 0 Å². The van der Waals surface area contributed by atoms with Gasteiger partial charge in [-0.2, -0.15) is 0 Å². The Kier molecular flexibility index (Phi) is 5.65. The monoisotopic (exact) mass is 437 g/mol. The predicted octanol–water partition coefficient (Wildman–Crippen LogP) is 4.18. The topological polar surface area (TPSA) is 97.4 Å². The van der Waals surface area contributed by atoms with Gasteiger partial charge in [-0.3, -0.25) is 9.52 Å². The van der Waals surface area contributed by atoms with Gasteiger partial charge in [-0.05, 0) is 68.7 Å². The van der Waals surface area contributed by atoms with Crippen molar-refractivity contribution in [2.45, 2.75) is 37.6 Å². The summed E-state index contributed by atoms with van der Waals surface area (Å²) in [6.07, 6.45) is 3.47. The molecule has 1 saturated carbocycles. The summed E-state index contributed by atoms with van der Waals surface area (Å²) in [5, 5.41) is 2.93. The van der Waals surface area contributed by atoms with Gasteiger partial charge in [0.25, 0.3) is 15.9 Å². The third kappa shape index (κ3) is 5.21. The summed E-state index contributed by atoms with van der Waals surface area (Å²) in [7, 11) is -3.72. The van der Waals surface area contributed by atoms with Crippen molar-refractivity contribution in [3.63, 3.8) is 0 Å². The second-order valence-corrected chi connectivity index (χ2v) is 9.28. The minimum absolute atomic E-state index is 0.0902. The third-order valence-corrected chi connectivity index (χ3v) is 6.40. The third-order valence-electron chi connectivity index (χ3n) is 4.86. The zero-order valence-corrected chi connectivity index (χ0v) is 18.1. The largest absolute Gasteiger partial charge is 0.439 e. The first-order valence-electron chi connectivity index (χ1n) is 9.95. The van der Waals surface area contributed by atoms with Crippen molar-refractivity contribution in [1.29, 1.82) is 0 Å². The Morgan fingerprint density at radius 1 is 1.03 bits per heavy atom. The number of pyridine rings is 1. The van der Waals surface area contributed by atoms with Crippen LogP contribution in [0.25, 0.3) is 0 Å². The van der Waals surface area contributed by atoms with Crippen molar-refractivity contribution in [1.82, 2.24) is 10.3 Å². The molecule has 2 N–H and O–H groups in total. The van der Waals surface area contributed by atoms with E-state index in [0.717, 1.165) is 18.4 Å². The molecule has 31 heavy (non-hydrogen) atoms. The van der Waals surface area contributed by atoms with Crippen molar-refractivity contribution in [2.24, 2.45) is 0 Å². The molecular weight excluding hydrogens is 414 g/mol. The molecule has 0 radical (unpaired) electrons. The molecule has 2 aromatic carbocycles. The Morgan fingerprint density at radius 2 is 1.77 bits per heavy atom. The quantitative estimate of drug-likeness (QED) is 0.578. The molecule has 0 atom stereocenters. The van der Waals surface area contributed by atoms with Gasteiger partial charge in [-0.25, -0.2) is 13.4 Å². The fourth-order valence-electron chi connectivity index (χ4n) is 3.10. The van der Waals surface area contributed by atoms with Crippen LogP contribution >= 0.6 is 0 Å². The zero-order valence-electron chi connectivity index (χ0n) is 17.3. The number of carbonyl (C=O) groups excluding carboxylic acids is 1. The summed E-state index contributed by atoms with van der Waals surface area (Å²) in [6.45, 7) is 3.67. The lowest BCUT2D eigenvalue weighted by Crippen LogP contribution is -2.25. The molecule has 160 valence electrons. The highest BCUT2D eigenvalue weighted by molar-refractivity contribution is 7.92. The highest BCUT2D eigenvalue weighted by Crippen LogP contribution is 2.24. The highest BCUT2D eigenvalue weighted by atomic mass is 32.2. The van der Waals surface area contributed by atoms with Crippen molar-refractivity contribution >= 4 is 21.6 Å². The number of carbonyl (C=O) groups is 1. The van der Waals surface area contributed by atoms with Crippen molar-refractivity contribution in [2.75, 3.05) is 4.72 Å². The molecule has 0 aliphatic heterocycles. The minimum Gasteiger partial charge on any atom is -0.439 e. The van der Waals surface area contributed by atoms with E-state index in [0.29, 0.717) is 34.5 Å². The minimum atomic E-state index is -3.72. The van der Waals surface area contributed by atoms with Gasteiger partial charge in [0, 0.05) is 17.7 Å². The van der Waals surface area contributed by atoms with Crippen LogP contribution in [0.15, 0.2) is 65.7 Å². The number of amides is 1. The number of sulfonamides is 1. The molecule has 0 unspecified atom stereocenters. The summed E-state index contributed by atoms with van der Waals surface area (Å²) in [4.78, 5) is 16.4. The molecule has 0 bridgehead atoms. The number of aryl methyl sites for hydroxylation is 2. The van der Waals surface area contributed by atoms with E-state index in [1.807, 2.05) is 13.0 Å². The van der Waals surface area contributed by atoms with E-state index in [1.165, 1.54) is 6.20 Å². The number of rotatable bonds is 7. The van der Waals surface area contributed by atoms with Gasteiger partial charge in [-0.1, -0.05) is 17.7 Å². The molecule has 1 fully saturated rings. The highest BCUT2D eigenvalue weighted by Gasteiger charge is 2.23. The zero-order chi connectivity index (χ0) is 22.0. The number of ether oxygens (including phenoxy) is 1. The van der Waals surface area contributed by atoms with Crippen molar-refractivity contribution in [3.05, 3.63) is 77.5 Å². The molecule has 8 heteroatoms. The van der Waals surface area contributed by atoms with Crippen molar-refractivity contribution in [3.8, 4) is 11.6 Å². The van der Waals surface area contributed by atoms with Crippen LogP contribution < -0.4 is 14.8 Å². The van der Waals surface area contributed by atoms with Gasteiger partial charge in [0.15, 0.2) is 0 Å². The van der Waals surface area contributed by atoms with Crippen LogP contribution in [-0.2, 0) is 10.0 Å².